The molecule has 0 bridgehead atoms. The molecule has 0 saturated heterocycles. The van der Waals surface area contributed by atoms with Crippen LogP contribution in [0.5, 0.6) is 23.0 Å². The minimum atomic E-state index is -1.42. The molecule has 16 heteroatoms. The smallest absolute Gasteiger partial charge is 0.410 e. The van der Waals surface area contributed by atoms with Gasteiger partial charge in [-0.15, -0.1) is 0 Å². The molecule has 4 rings (SSSR count). The lowest BCUT2D eigenvalue weighted by Crippen LogP contribution is -2.50. The maximum atomic E-state index is 13.3. The predicted molar refractivity (Wildman–Crippen MR) is 230 cm³/mol. The normalized spacial score (nSPS) is 16.1. The third-order valence-corrected chi connectivity index (χ3v) is 9.44. The Labute approximate surface area is 366 Å². The van der Waals surface area contributed by atoms with E-state index in [2.05, 4.69) is 0 Å². The highest BCUT2D eigenvalue weighted by atomic mass is 16.6. The van der Waals surface area contributed by atoms with Gasteiger partial charge in [-0.25, -0.2) is 9.59 Å². The number of esters is 3. The lowest BCUT2D eigenvalue weighted by atomic mass is 9.84. The Kier molecular flexibility index (Phi) is 17.7. The summed E-state index contributed by atoms with van der Waals surface area (Å²) in [6, 6.07) is 5.71. The predicted octanol–water partition coefficient (Wildman–Crippen LogP) is 7.94. The largest absolute Gasteiger partial charge is 0.493 e. The summed E-state index contributed by atoms with van der Waals surface area (Å²) in [6.45, 7) is 21.7. The third-order valence-electron chi connectivity index (χ3n) is 9.44. The number of hydrogen-bond donors (Lipinski definition) is 0. The Morgan fingerprint density at radius 1 is 0.565 bits per heavy atom. The lowest BCUT2D eigenvalue weighted by Gasteiger charge is -2.40. The molecule has 0 saturated carbocycles. The molecular formula is C46H68N2O14. The first kappa shape index (κ1) is 50.9. The number of ether oxygens (including phenoxy) is 9. The molecule has 2 atom stereocenters. The highest BCUT2D eigenvalue weighted by molar-refractivity contribution is 5.97. The number of carbonyl (C=O) groups excluding carboxylic acids is 5. The summed E-state index contributed by atoms with van der Waals surface area (Å²) in [5.74, 6) is -1.25. The van der Waals surface area contributed by atoms with Crippen LogP contribution in [-0.2, 0) is 50.9 Å². The van der Waals surface area contributed by atoms with Crippen LogP contribution in [-0.4, -0.2) is 111 Å². The molecule has 0 aliphatic carbocycles. The maximum absolute atomic E-state index is 13.3. The molecule has 0 aromatic heterocycles. The first-order valence-corrected chi connectivity index (χ1v) is 20.9. The minimum absolute atomic E-state index is 0.0416. The van der Waals surface area contributed by atoms with E-state index in [1.807, 2.05) is 32.9 Å². The van der Waals surface area contributed by atoms with Gasteiger partial charge in [-0.1, -0.05) is 0 Å². The van der Waals surface area contributed by atoms with Crippen molar-refractivity contribution in [1.29, 1.82) is 0 Å². The van der Waals surface area contributed by atoms with Crippen LogP contribution in [0.1, 0.15) is 124 Å². The minimum Gasteiger partial charge on any atom is -0.493 e. The SMILES string of the molecule is COc1cc2c(cc1OC)[C@@H](C(C(=O)OC(C)C)C(=O)OC(C)C)N(C(=O)OC(C)(C)C)CC2.COc1cc2c(cc1OC)[C@@H](CC(=O)OC(C)C)N(C(=O)OC(C)(C)C)CC2. The average molecular weight is 873 g/mol. The van der Waals surface area contributed by atoms with Crippen LogP contribution < -0.4 is 18.9 Å². The molecule has 346 valence electrons. The topological polar surface area (TPSA) is 175 Å². The number of fused-ring (bicyclic) bond motifs is 2. The van der Waals surface area contributed by atoms with Gasteiger partial charge in [0.05, 0.1) is 65.3 Å². The Morgan fingerprint density at radius 3 is 1.34 bits per heavy atom. The van der Waals surface area contributed by atoms with Gasteiger partial charge >= 0.3 is 30.1 Å². The second kappa shape index (κ2) is 21.6. The number of methoxy groups -OCH3 is 4. The van der Waals surface area contributed by atoms with Gasteiger partial charge in [0.25, 0.3) is 0 Å². The van der Waals surface area contributed by atoms with E-state index < -0.39 is 65.5 Å². The van der Waals surface area contributed by atoms with Gasteiger partial charge < -0.3 is 47.5 Å². The van der Waals surface area contributed by atoms with Crippen molar-refractivity contribution in [2.45, 2.75) is 144 Å². The van der Waals surface area contributed by atoms with Crippen molar-refractivity contribution in [3.05, 3.63) is 46.5 Å². The van der Waals surface area contributed by atoms with E-state index in [0.717, 1.165) is 16.7 Å². The number of carbonyl (C=O) groups is 5. The molecule has 0 spiro atoms. The van der Waals surface area contributed by atoms with Crippen molar-refractivity contribution >= 4 is 30.1 Å². The number of hydrogen-bond acceptors (Lipinski definition) is 14. The van der Waals surface area contributed by atoms with E-state index in [4.69, 9.17) is 42.6 Å². The molecule has 2 aromatic rings. The molecule has 2 aromatic carbocycles. The van der Waals surface area contributed by atoms with Crippen LogP contribution in [0, 0.1) is 5.92 Å². The Morgan fingerprint density at radius 2 is 0.935 bits per heavy atom. The molecular weight excluding hydrogens is 805 g/mol. The van der Waals surface area contributed by atoms with Crippen molar-refractivity contribution < 1.29 is 66.6 Å². The van der Waals surface area contributed by atoms with Gasteiger partial charge in [0.1, 0.15) is 11.2 Å². The summed E-state index contributed by atoms with van der Waals surface area (Å²) in [7, 11) is 6.16. The zero-order valence-corrected chi connectivity index (χ0v) is 39.4. The third kappa shape index (κ3) is 13.8. The zero-order valence-electron chi connectivity index (χ0n) is 39.4. The molecule has 0 N–H and O–H groups in total. The standard InChI is InChI=1S/C25H37NO8.C21H31NO6/c1-14(2)32-22(27)20(23(28)33-15(3)4)21-17-13-19(31-9)18(30-8)12-16(17)10-11-26(21)24(29)34-25(5,6)7;1-13(2)27-19(23)12-16-15-11-18(26-7)17(25-6)10-14(15)8-9-22(16)20(24)28-21(3,4)5/h12-15,20-21H,10-11H2,1-9H3;10-11,13,16H,8-9,12H2,1-7H3/t21-;16-/m01/s1. The van der Waals surface area contributed by atoms with Gasteiger partial charge in [-0.3, -0.25) is 19.3 Å². The van der Waals surface area contributed by atoms with Crippen molar-refractivity contribution in [3.63, 3.8) is 0 Å². The first-order valence-electron chi connectivity index (χ1n) is 20.9. The number of amides is 2. The van der Waals surface area contributed by atoms with Crippen LogP contribution in [0.3, 0.4) is 0 Å². The van der Waals surface area contributed by atoms with Crippen molar-refractivity contribution in [3.8, 4) is 23.0 Å². The Hall–Kier alpha value is -5.41. The van der Waals surface area contributed by atoms with Gasteiger partial charge in [0, 0.05) is 13.1 Å². The zero-order chi connectivity index (χ0) is 46.9. The van der Waals surface area contributed by atoms with E-state index in [1.165, 1.54) is 19.1 Å². The molecule has 2 amide bonds. The molecule has 2 aliphatic heterocycles. The summed E-state index contributed by atoms with van der Waals surface area (Å²) in [5.41, 5.74) is 1.85. The molecule has 0 radical (unpaired) electrons. The van der Waals surface area contributed by atoms with E-state index in [0.29, 0.717) is 47.9 Å². The van der Waals surface area contributed by atoms with Crippen LogP contribution in [0.2, 0.25) is 0 Å². The van der Waals surface area contributed by atoms with Gasteiger partial charge in [0.2, 0.25) is 0 Å². The summed E-state index contributed by atoms with van der Waals surface area (Å²) < 4.78 is 49.1. The van der Waals surface area contributed by atoms with Crippen molar-refractivity contribution in [2.24, 2.45) is 5.92 Å². The number of benzene rings is 2. The second-order valence-corrected chi connectivity index (χ2v) is 17.8. The summed E-state index contributed by atoms with van der Waals surface area (Å²) in [4.78, 5) is 68.0. The number of rotatable bonds is 12. The maximum Gasteiger partial charge on any atom is 0.410 e. The Balaban J connectivity index is 0.000000336. The van der Waals surface area contributed by atoms with Gasteiger partial charge in [-0.05, 0) is 142 Å². The molecule has 2 aliphatic rings. The molecule has 0 unspecified atom stereocenters. The highest BCUT2D eigenvalue weighted by Gasteiger charge is 2.48. The fourth-order valence-corrected chi connectivity index (χ4v) is 7.08. The fourth-order valence-electron chi connectivity index (χ4n) is 7.08. The van der Waals surface area contributed by atoms with Gasteiger partial charge in [-0.2, -0.15) is 0 Å². The lowest BCUT2D eigenvalue weighted by molar-refractivity contribution is -0.170. The molecule has 2 heterocycles. The van der Waals surface area contributed by atoms with E-state index in [1.54, 1.807) is 93.6 Å². The van der Waals surface area contributed by atoms with Crippen molar-refractivity contribution in [2.75, 3.05) is 41.5 Å². The fraction of sp³-hybridized carbons (Fsp3) is 0.630. The monoisotopic (exact) mass is 872 g/mol. The quantitative estimate of drug-likeness (QED) is 0.114. The van der Waals surface area contributed by atoms with E-state index in [9.17, 15) is 24.0 Å². The van der Waals surface area contributed by atoms with E-state index in [-0.39, 0.29) is 25.0 Å². The van der Waals surface area contributed by atoms with Gasteiger partial charge in [0.15, 0.2) is 28.9 Å². The van der Waals surface area contributed by atoms with Crippen LogP contribution >= 0.6 is 0 Å². The molecule has 62 heavy (non-hydrogen) atoms. The summed E-state index contributed by atoms with van der Waals surface area (Å²) in [6.07, 6.45) is -1.11. The Bertz CT molecular complexity index is 1870. The van der Waals surface area contributed by atoms with Crippen molar-refractivity contribution in [1.82, 2.24) is 9.80 Å². The average Bonchev–Trinajstić information content (AvgIpc) is 3.14. The number of nitrogens with zero attached hydrogens (tertiary/aromatic N) is 2. The summed E-state index contributed by atoms with van der Waals surface area (Å²) >= 11 is 0. The van der Waals surface area contributed by atoms with Crippen LogP contribution in [0.25, 0.3) is 0 Å². The second-order valence-electron chi connectivity index (χ2n) is 17.8. The molecule has 0 fully saturated rings. The highest BCUT2D eigenvalue weighted by Crippen LogP contribution is 2.43. The first-order chi connectivity index (χ1) is 28.8. The summed E-state index contributed by atoms with van der Waals surface area (Å²) in [5, 5.41) is 0. The van der Waals surface area contributed by atoms with Crippen LogP contribution in [0.15, 0.2) is 24.3 Å². The molecule has 16 nitrogen and oxygen atoms in total. The van der Waals surface area contributed by atoms with Crippen LogP contribution in [0.4, 0.5) is 9.59 Å². The van der Waals surface area contributed by atoms with E-state index >= 15 is 0 Å².